The Morgan fingerprint density at radius 1 is 1.39 bits per heavy atom. The summed E-state index contributed by atoms with van der Waals surface area (Å²) in [5, 5.41) is 3.22. The van der Waals surface area contributed by atoms with Crippen molar-refractivity contribution in [3.63, 3.8) is 0 Å². The number of nitrogens with one attached hydrogen (secondary N) is 1. The van der Waals surface area contributed by atoms with Gasteiger partial charge in [0.2, 0.25) is 5.89 Å². The van der Waals surface area contributed by atoms with Crippen molar-refractivity contribution in [3.8, 4) is 0 Å². The number of amides is 1. The van der Waals surface area contributed by atoms with Crippen molar-refractivity contribution in [1.82, 2.24) is 10.3 Å². The zero-order chi connectivity index (χ0) is 16.2. The van der Waals surface area contributed by atoms with Crippen molar-refractivity contribution < 1.29 is 9.21 Å². The van der Waals surface area contributed by atoms with Gasteiger partial charge < -0.3 is 15.5 Å². The fraction of sp³-hybridized carbons (Fsp3) is 0.778. The van der Waals surface area contributed by atoms with Gasteiger partial charge in [-0.25, -0.2) is 4.98 Å². The van der Waals surface area contributed by atoms with Crippen molar-refractivity contribution in [2.75, 3.05) is 0 Å². The maximum Gasteiger partial charge on any atom is 0.273 e. The number of aromatic nitrogens is 1. The fourth-order valence-corrected chi connectivity index (χ4v) is 5.68. The van der Waals surface area contributed by atoms with Gasteiger partial charge in [0.25, 0.3) is 5.91 Å². The number of oxazole rings is 1. The van der Waals surface area contributed by atoms with Crippen LogP contribution in [0.4, 0.5) is 0 Å². The van der Waals surface area contributed by atoms with Crippen molar-refractivity contribution in [3.05, 3.63) is 17.8 Å². The third-order valence-corrected chi connectivity index (χ3v) is 6.76. The van der Waals surface area contributed by atoms with Crippen LogP contribution >= 0.6 is 0 Å². The molecule has 1 aromatic heterocycles. The summed E-state index contributed by atoms with van der Waals surface area (Å²) in [4.78, 5) is 16.7. The zero-order valence-electron chi connectivity index (χ0n) is 14.0. The summed E-state index contributed by atoms with van der Waals surface area (Å²) in [6, 6.07) is -0.101. The molecule has 1 amide bonds. The normalized spacial score (nSPS) is 37.6. The van der Waals surface area contributed by atoms with Crippen LogP contribution in [0.1, 0.15) is 74.8 Å². The maximum absolute atomic E-state index is 12.5. The molecule has 1 aromatic rings. The van der Waals surface area contributed by atoms with Gasteiger partial charge in [0.1, 0.15) is 6.26 Å². The van der Waals surface area contributed by atoms with Crippen LogP contribution in [-0.2, 0) is 0 Å². The molecule has 1 heterocycles. The van der Waals surface area contributed by atoms with E-state index >= 15 is 0 Å². The molecular weight excluding hydrogens is 290 g/mol. The van der Waals surface area contributed by atoms with Gasteiger partial charge >= 0.3 is 0 Å². The van der Waals surface area contributed by atoms with Crippen LogP contribution in [-0.4, -0.2) is 16.9 Å². The average Bonchev–Trinajstić information content (AvgIpc) is 3.05. The highest BCUT2D eigenvalue weighted by atomic mass is 16.3. The lowest BCUT2D eigenvalue weighted by Gasteiger charge is -2.46. The summed E-state index contributed by atoms with van der Waals surface area (Å²) >= 11 is 0. The number of nitrogens with zero attached hydrogens (tertiary/aromatic N) is 1. The number of hydrogen-bond donors (Lipinski definition) is 2. The Morgan fingerprint density at radius 2 is 2.17 bits per heavy atom. The number of hydrogen-bond acceptors (Lipinski definition) is 4. The molecule has 3 aliphatic carbocycles. The van der Waals surface area contributed by atoms with E-state index in [4.69, 9.17) is 10.2 Å². The largest absolute Gasteiger partial charge is 0.446 e. The van der Waals surface area contributed by atoms with Gasteiger partial charge in [0.15, 0.2) is 5.69 Å². The van der Waals surface area contributed by atoms with Gasteiger partial charge in [0, 0.05) is 6.04 Å². The Bertz CT molecular complexity index is 611. The van der Waals surface area contributed by atoms with Crippen LogP contribution in [0, 0.1) is 23.2 Å². The van der Waals surface area contributed by atoms with Crippen LogP contribution in [0.3, 0.4) is 0 Å². The molecule has 0 saturated heterocycles. The molecule has 3 fully saturated rings. The number of carbonyl (C=O) groups excluding carboxylic acids is 1. The van der Waals surface area contributed by atoms with E-state index in [1.807, 2.05) is 0 Å². The summed E-state index contributed by atoms with van der Waals surface area (Å²) in [5.41, 5.74) is 6.40. The van der Waals surface area contributed by atoms with Crippen molar-refractivity contribution >= 4 is 5.91 Å². The Kier molecular flexibility index (Phi) is 3.52. The summed E-state index contributed by atoms with van der Waals surface area (Å²) in [7, 11) is 0. The molecule has 5 nitrogen and oxygen atoms in total. The quantitative estimate of drug-likeness (QED) is 0.894. The lowest BCUT2D eigenvalue weighted by atomic mass is 9.61. The SMILES string of the molecule is CC(N)c1nc(C(=O)NC(C)C23CCC4CC(CC2C4)C3)co1. The summed E-state index contributed by atoms with van der Waals surface area (Å²) in [5.74, 6) is 2.91. The molecule has 6 atom stereocenters. The smallest absolute Gasteiger partial charge is 0.273 e. The minimum absolute atomic E-state index is 0.133. The van der Waals surface area contributed by atoms with E-state index in [0.717, 1.165) is 17.8 Å². The fourth-order valence-electron chi connectivity index (χ4n) is 5.68. The highest BCUT2D eigenvalue weighted by Gasteiger charge is 2.56. The molecule has 4 rings (SSSR count). The van der Waals surface area contributed by atoms with Gasteiger partial charge in [-0.05, 0) is 75.5 Å². The molecule has 0 spiro atoms. The Labute approximate surface area is 137 Å². The lowest BCUT2D eigenvalue weighted by molar-refractivity contribution is 0.0519. The van der Waals surface area contributed by atoms with Crippen LogP contribution in [0.5, 0.6) is 0 Å². The summed E-state index contributed by atoms with van der Waals surface area (Å²) < 4.78 is 5.29. The van der Waals surface area contributed by atoms with E-state index in [1.165, 1.54) is 44.8 Å². The molecule has 3 saturated carbocycles. The van der Waals surface area contributed by atoms with Crippen molar-refractivity contribution in [2.45, 2.75) is 64.5 Å². The van der Waals surface area contributed by atoms with Crippen LogP contribution < -0.4 is 11.1 Å². The number of fused-ring (bicyclic) bond motifs is 2. The molecule has 0 radical (unpaired) electrons. The minimum atomic E-state index is -0.295. The van der Waals surface area contributed by atoms with E-state index in [2.05, 4.69) is 17.2 Å². The van der Waals surface area contributed by atoms with Gasteiger partial charge in [-0.15, -0.1) is 0 Å². The van der Waals surface area contributed by atoms with E-state index in [9.17, 15) is 4.79 Å². The summed E-state index contributed by atoms with van der Waals surface area (Å²) in [6.07, 6.45) is 9.48. The van der Waals surface area contributed by atoms with Crippen LogP contribution in [0.15, 0.2) is 10.7 Å². The van der Waals surface area contributed by atoms with Gasteiger partial charge in [-0.2, -0.15) is 0 Å². The predicted octanol–water partition coefficient (Wildman–Crippen LogP) is 3.03. The second-order valence-corrected chi connectivity index (χ2v) is 8.17. The maximum atomic E-state index is 12.5. The molecule has 3 bridgehead atoms. The number of nitrogens with two attached hydrogens (primary N) is 1. The highest BCUT2D eigenvalue weighted by molar-refractivity contribution is 5.92. The molecule has 126 valence electrons. The standard InChI is InChI=1S/C18H27N3O2/c1-10(19)17-21-15(9-23-17)16(22)20-11(2)18-4-3-12-5-13(8-18)7-14(18)6-12/h9-14H,3-8,19H2,1-2H3,(H,20,22). The van der Waals surface area contributed by atoms with Gasteiger partial charge in [-0.3, -0.25) is 4.79 Å². The molecule has 0 aliphatic heterocycles. The molecule has 6 unspecified atom stereocenters. The highest BCUT2D eigenvalue weighted by Crippen LogP contribution is 2.63. The predicted molar refractivity (Wildman–Crippen MR) is 86.6 cm³/mol. The Morgan fingerprint density at radius 3 is 2.91 bits per heavy atom. The molecular formula is C18H27N3O2. The van der Waals surface area contributed by atoms with E-state index in [1.54, 1.807) is 6.92 Å². The van der Waals surface area contributed by atoms with E-state index < -0.39 is 0 Å². The van der Waals surface area contributed by atoms with Gasteiger partial charge in [-0.1, -0.05) is 0 Å². The molecule has 3 N–H and O–H groups in total. The third-order valence-electron chi connectivity index (χ3n) is 6.76. The second kappa shape index (κ2) is 5.33. The van der Waals surface area contributed by atoms with Crippen LogP contribution in [0.2, 0.25) is 0 Å². The Balaban J connectivity index is 1.49. The topological polar surface area (TPSA) is 81.1 Å². The molecule has 3 aliphatic rings. The van der Waals surface area contributed by atoms with E-state index in [0.29, 0.717) is 17.0 Å². The third kappa shape index (κ3) is 2.40. The minimum Gasteiger partial charge on any atom is -0.446 e. The first-order valence-corrected chi connectivity index (χ1v) is 9.00. The zero-order valence-corrected chi connectivity index (χ0v) is 14.0. The first-order valence-electron chi connectivity index (χ1n) is 9.00. The van der Waals surface area contributed by atoms with Crippen molar-refractivity contribution in [1.29, 1.82) is 0 Å². The van der Waals surface area contributed by atoms with Gasteiger partial charge in [0.05, 0.1) is 6.04 Å². The van der Waals surface area contributed by atoms with Crippen LogP contribution in [0.25, 0.3) is 0 Å². The van der Waals surface area contributed by atoms with E-state index in [-0.39, 0.29) is 18.0 Å². The Hall–Kier alpha value is -1.36. The lowest BCUT2D eigenvalue weighted by Crippen LogP contribution is -2.49. The number of rotatable bonds is 4. The first kappa shape index (κ1) is 15.2. The molecule has 0 aromatic carbocycles. The summed E-state index contributed by atoms with van der Waals surface area (Å²) in [6.45, 7) is 3.98. The first-order chi connectivity index (χ1) is 11.0. The molecule has 5 heteroatoms. The number of carbonyl (C=O) groups is 1. The second-order valence-electron chi connectivity index (χ2n) is 8.17. The monoisotopic (exact) mass is 317 g/mol. The van der Waals surface area contributed by atoms with Crippen molar-refractivity contribution in [2.24, 2.45) is 28.9 Å². The molecule has 23 heavy (non-hydrogen) atoms. The average molecular weight is 317 g/mol.